The van der Waals surface area contributed by atoms with Crippen molar-refractivity contribution in [2.75, 3.05) is 42.9 Å². The zero-order valence-corrected chi connectivity index (χ0v) is 31.3. The number of nitrogens with one attached hydrogen (secondary N) is 3. The summed E-state index contributed by atoms with van der Waals surface area (Å²) in [4.78, 5) is 49.6. The molecule has 0 radical (unpaired) electrons. The third-order valence-corrected chi connectivity index (χ3v) is 9.64. The number of amides is 3. The van der Waals surface area contributed by atoms with E-state index in [0.717, 1.165) is 56.6 Å². The molecule has 2 aliphatic heterocycles. The van der Waals surface area contributed by atoms with Crippen LogP contribution < -0.4 is 20.9 Å². The number of benzene rings is 3. The lowest BCUT2D eigenvalue weighted by atomic mass is 9.98. The Balaban J connectivity index is 1.30. The van der Waals surface area contributed by atoms with Gasteiger partial charge >= 0.3 is 12.3 Å². The summed E-state index contributed by atoms with van der Waals surface area (Å²) >= 11 is 0. The van der Waals surface area contributed by atoms with Gasteiger partial charge in [-0.25, -0.2) is 4.79 Å². The van der Waals surface area contributed by atoms with Gasteiger partial charge in [-0.05, 0) is 113 Å². The van der Waals surface area contributed by atoms with Crippen LogP contribution in [0.25, 0.3) is 11.3 Å². The van der Waals surface area contributed by atoms with Crippen LogP contribution in [0, 0.1) is 0 Å². The Morgan fingerprint density at radius 3 is 2.42 bits per heavy atom. The molecular weight excluding hydrogens is 709 g/mol. The molecule has 6 rings (SSSR count). The second-order valence-electron chi connectivity index (χ2n) is 14.9. The van der Waals surface area contributed by atoms with Gasteiger partial charge in [0.05, 0.1) is 23.0 Å². The predicted octanol–water partition coefficient (Wildman–Crippen LogP) is 8.21. The lowest BCUT2D eigenvalue weighted by Crippen LogP contribution is -2.41. The fourth-order valence-corrected chi connectivity index (χ4v) is 6.94. The average molecular weight is 757 g/mol. The van der Waals surface area contributed by atoms with Crippen molar-refractivity contribution in [3.05, 3.63) is 113 Å². The minimum absolute atomic E-state index is 0.104. The van der Waals surface area contributed by atoms with E-state index in [1.807, 2.05) is 51.1 Å². The molecule has 1 atom stereocenters. The first kappa shape index (κ1) is 39.3. The molecule has 0 spiro atoms. The fraction of sp³-hybridized carbons (Fsp3) is 0.381. The maximum absolute atomic E-state index is 14.3. The van der Waals surface area contributed by atoms with Crippen LogP contribution >= 0.6 is 0 Å². The summed E-state index contributed by atoms with van der Waals surface area (Å²) in [7, 11) is 0. The van der Waals surface area contributed by atoms with E-state index in [1.165, 1.54) is 24.4 Å². The van der Waals surface area contributed by atoms with Gasteiger partial charge < -0.3 is 25.6 Å². The van der Waals surface area contributed by atoms with Crippen molar-refractivity contribution in [3.8, 4) is 11.3 Å². The lowest BCUT2D eigenvalue weighted by molar-refractivity contribution is -0.137. The van der Waals surface area contributed by atoms with Gasteiger partial charge in [0.1, 0.15) is 5.60 Å². The number of pyridine rings is 1. The second kappa shape index (κ2) is 16.9. The summed E-state index contributed by atoms with van der Waals surface area (Å²) in [6.07, 6.45) is 0.542. The highest BCUT2D eigenvalue weighted by atomic mass is 19.4. The minimum Gasteiger partial charge on any atom is -0.444 e. The van der Waals surface area contributed by atoms with Crippen molar-refractivity contribution >= 4 is 29.3 Å². The number of carbonyl (C=O) groups is 3. The monoisotopic (exact) mass is 756 g/mol. The molecule has 55 heavy (non-hydrogen) atoms. The average Bonchev–Trinajstić information content (AvgIpc) is 3.43. The molecule has 290 valence electrons. The highest BCUT2D eigenvalue weighted by Gasteiger charge is 2.33. The van der Waals surface area contributed by atoms with E-state index in [2.05, 4.69) is 25.8 Å². The van der Waals surface area contributed by atoms with Gasteiger partial charge in [-0.1, -0.05) is 30.3 Å². The number of aromatic nitrogens is 1. The molecular formula is C42H47F3N6O4. The van der Waals surface area contributed by atoms with E-state index < -0.39 is 35.4 Å². The van der Waals surface area contributed by atoms with Crippen LogP contribution in [0.15, 0.2) is 85.1 Å². The molecule has 1 aromatic heterocycles. The number of carbonyl (C=O) groups excluding carboxylic acids is 3. The van der Waals surface area contributed by atoms with Crippen LogP contribution in [0.3, 0.4) is 0 Å². The second-order valence-corrected chi connectivity index (χ2v) is 14.9. The van der Waals surface area contributed by atoms with Crippen molar-refractivity contribution in [1.29, 1.82) is 0 Å². The number of ether oxygens (including phenoxy) is 1. The van der Waals surface area contributed by atoms with E-state index in [1.54, 1.807) is 23.1 Å². The summed E-state index contributed by atoms with van der Waals surface area (Å²) in [5.74, 6) is -0.870. The lowest BCUT2D eigenvalue weighted by Gasteiger charge is -2.33. The van der Waals surface area contributed by atoms with Crippen LogP contribution in [0.4, 0.5) is 29.3 Å². The van der Waals surface area contributed by atoms with Crippen LogP contribution in [0.5, 0.6) is 0 Å². The molecule has 3 amide bonds. The van der Waals surface area contributed by atoms with Gasteiger partial charge in [0.2, 0.25) is 0 Å². The Morgan fingerprint density at radius 1 is 0.873 bits per heavy atom. The predicted molar refractivity (Wildman–Crippen MR) is 206 cm³/mol. The number of hydrogen-bond acceptors (Lipinski definition) is 7. The molecule has 2 fully saturated rings. The molecule has 3 N–H and O–H groups in total. The smallest absolute Gasteiger partial charge is 0.416 e. The van der Waals surface area contributed by atoms with E-state index >= 15 is 0 Å². The fourth-order valence-electron chi connectivity index (χ4n) is 6.94. The van der Waals surface area contributed by atoms with Gasteiger partial charge in [0.25, 0.3) is 11.8 Å². The molecule has 13 heteroatoms. The van der Waals surface area contributed by atoms with Gasteiger partial charge in [0, 0.05) is 61.3 Å². The Kier molecular flexibility index (Phi) is 12.1. The number of alkyl halides is 3. The maximum Gasteiger partial charge on any atom is 0.416 e. The van der Waals surface area contributed by atoms with Crippen LogP contribution in [0.2, 0.25) is 0 Å². The Labute approximate surface area is 319 Å². The van der Waals surface area contributed by atoms with Crippen molar-refractivity contribution in [2.45, 2.75) is 70.8 Å². The van der Waals surface area contributed by atoms with Crippen molar-refractivity contribution in [3.63, 3.8) is 0 Å². The third-order valence-electron chi connectivity index (χ3n) is 9.64. The summed E-state index contributed by atoms with van der Waals surface area (Å²) in [6, 6.07) is 20.5. The molecule has 10 nitrogen and oxygen atoms in total. The summed E-state index contributed by atoms with van der Waals surface area (Å²) in [6.45, 7) is 8.74. The maximum atomic E-state index is 14.3. The quantitative estimate of drug-likeness (QED) is 0.166. The minimum atomic E-state index is -4.50. The number of halogens is 3. The molecule has 2 aliphatic rings. The Morgan fingerprint density at radius 2 is 1.65 bits per heavy atom. The van der Waals surface area contributed by atoms with Crippen molar-refractivity contribution in [1.82, 2.24) is 20.5 Å². The molecule has 3 aromatic carbocycles. The summed E-state index contributed by atoms with van der Waals surface area (Å²) in [5.41, 5.74) is 2.59. The van der Waals surface area contributed by atoms with Crippen molar-refractivity contribution in [2.24, 2.45) is 0 Å². The Hall–Kier alpha value is -5.43. The first-order chi connectivity index (χ1) is 26.3. The largest absolute Gasteiger partial charge is 0.444 e. The molecule has 4 aromatic rings. The van der Waals surface area contributed by atoms with E-state index in [4.69, 9.17) is 4.74 Å². The number of rotatable bonds is 8. The number of nitrogens with zero attached hydrogens (tertiary/aromatic N) is 3. The molecule has 0 saturated carbocycles. The van der Waals surface area contributed by atoms with Gasteiger partial charge in [0.15, 0.2) is 0 Å². The number of piperidine rings is 1. The third kappa shape index (κ3) is 10.0. The first-order valence-electron chi connectivity index (χ1n) is 18.7. The topological polar surface area (TPSA) is 116 Å². The molecule has 0 aliphatic carbocycles. The molecule has 2 saturated heterocycles. The molecule has 0 bridgehead atoms. The zero-order chi connectivity index (χ0) is 39.2. The van der Waals surface area contributed by atoms with E-state index in [-0.39, 0.29) is 18.0 Å². The van der Waals surface area contributed by atoms with Crippen LogP contribution in [-0.2, 0) is 17.5 Å². The normalized spacial score (nSPS) is 16.6. The molecule has 3 heterocycles. The van der Waals surface area contributed by atoms with Gasteiger partial charge in [-0.3, -0.25) is 19.5 Å². The van der Waals surface area contributed by atoms with Crippen LogP contribution in [-0.4, -0.2) is 66.1 Å². The standard InChI is InChI=1S/C42H47F3N6O4/c1-41(2,3)55-40(54)51-22-10-18-46-27-37(51)32-13-5-6-14-33(32)39(53)49-35-16-15-31(50-20-7-4-8-21-50)25-34(35)36-24-29(17-19-47-36)38(52)48-26-28-11-9-12-30(23-28)42(43,44)45/h5-6,9,11-17,19,23-25,37,46H,4,7-8,10,18,20-22,26-27H2,1-3H3,(H,48,52)(H,49,53). The zero-order valence-electron chi connectivity index (χ0n) is 31.3. The highest BCUT2D eigenvalue weighted by Crippen LogP contribution is 2.35. The SMILES string of the molecule is CC(C)(C)OC(=O)N1CCCNCC1c1ccccc1C(=O)Nc1ccc(N2CCCCC2)cc1-c1cc(C(=O)NCc2cccc(C(F)(F)F)c2)ccn1. The van der Waals surface area contributed by atoms with Crippen LogP contribution in [0.1, 0.15) is 89.9 Å². The van der Waals surface area contributed by atoms with Crippen molar-refractivity contribution < 1.29 is 32.3 Å². The Bertz CT molecular complexity index is 2010. The summed E-state index contributed by atoms with van der Waals surface area (Å²) < 4.78 is 45.5. The van der Waals surface area contributed by atoms with Gasteiger partial charge in [-0.15, -0.1) is 0 Å². The van der Waals surface area contributed by atoms with Gasteiger partial charge in [-0.2, -0.15) is 13.2 Å². The van der Waals surface area contributed by atoms with E-state index in [0.29, 0.717) is 53.3 Å². The first-order valence-corrected chi connectivity index (χ1v) is 18.7. The summed E-state index contributed by atoms with van der Waals surface area (Å²) in [5, 5.41) is 9.21. The van der Waals surface area contributed by atoms with E-state index in [9.17, 15) is 27.6 Å². The number of hydrogen-bond donors (Lipinski definition) is 3. The molecule has 1 unspecified atom stereocenters. The number of anilines is 2. The highest BCUT2D eigenvalue weighted by molar-refractivity contribution is 6.07.